The van der Waals surface area contributed by atoms with E-state index in [2.05, 4.69) is 9.88 Å². The minimum atomic E-state index is -4.65. The van der Waals surface area contributed by atoms with Crippen LogP contribution in [0.15, 0.2) is 40.7 Å². The van der Waals surface area contributed by atoms with Gasteiger partial charge in [-0.1, -0.05) is 0 Å². The zero-order chi connectivity index (χ0) is 18.0. The minimum Gasteiger partial charge on any atom is -0.345 e. The van der Waals surface area contributed by atoms with Crippen LogP contribution in [0.1, 0.15) is 10.4 Å². The highest BCUT2D eigenvalue weighted by molar-refractivity contribution is 7.91. The maximum Gasteiger partial charge on any atom is 0.341 e. The smallest absolute Gasteiger partial charge is 0.341 e. The van der Waals surface area contributed by atoms with Gasteiger partial charge in [0.05, 0.1) is 4.90 Å². The predicted octanol–water partition coefficient (Wildman–Crippen LogP) is 2.10. The molecule has 134 valence electrons. The van der Waals surface area contributed by atoms with Crippen molar-refractivity contribution in [1.82, 2.24) is 9.88 Å². The van der Waals surface area contributed by atoms with Crippen LogP contribution >= 0.6 is 11.3 Å². The Hall–Kier alpha value is -2.07. The number of nitrogens with zero attached hydrogens (tertiary/aromatic N) is 3. The molecule has 0 radical (unpaired) electrons. The van der Waals surface area contributed by atoms with E-state index in [1.54, 1.807) is 11.1 Å². The van der Waals surface area contributed by atoms with Gasteiger partial charge in [0.15, 0.2) is 5.13 Å². The number of piperazine rings is 1. The summed E-state index contributed by atoms with van der Waals surface area (Å²) in [6.45, 7) is 2.32. The lowest BCUT2D eigenvalue weighted by atomic mass is 10.2. The lowest BCUT2D eigenvalue weighted by Crippen LogP contribution is -2.48. The number of aromatic nitrogens is 1. The van der Waals surface area contributed by atoms with E-state index in [1.165, 1.54) is 23.5 Å². The molecule has 1 aromatic heterocycles. The topological polar surface area (TPSA) is 70.6 Å². The van der Waals surface area contributed by atoms with Gasteiger partial charge in [0.25, 0.3) is 5.91 Å². The second-order valence-electron chi connectivity index (χ2n) is 5.42. The third-order valence-corrected chi connectivity index (χ3v) is 6.15. The number of sulfone groups is 1. The molecule has 2 heterocycles. The molecule has 1 amide bonds. The van der Waals surface area contributed by atoms with Crippen molar-refractivity contribution in [2.45, 2.75) is 10.7 Å². The molecule has 0 N–H and O–H groups in total. The van der Waals surface area contributed by atoms with E-state index in [9.17, 15) is 22.0 Å². The first-order valence-electron chi connectivity index (χ1n) is 7.45. The first-order valence-corrected chi connectivity index (χ1v) is 9.88. The first kappa shape index (κ1) is 17.7. The summed E-state index contributed by atoms with van der Waals surface area (Å²) in [5, 5.41) is 2.80. The molecule has 1 aliphatic heterocycles. The largest absolute Gasteiger partial charge is 0.345 e. The molecule has 1 fully saturated rings. The van der Waals surface area contributed by atoms with E-state index in [0.29, 0.717) is 26.2 Å². The van der Waals surface area contributed by atoms with Gasteiger partial charge < -0.3 is 9.80 Å². The lowest BCUT2D eigenvalue weighted by molar-refractivity contribution is 0.0746. The third kappa shape index (κ3) is 3.64. The molecule has 0 unspecified atom stereocenters. The van der Waals surface area contributed by atoms with Gasteiger partial charge in [0.1, 0.15) is 0 Å². The van der Waals surface area contributed by atoms with Gasteiger partial charge in [0, 0.05) is 43.3 Å². The lowest BCUT2D eigenvalue weighted by Gasteiger charge is -2.34. The Balaban J connectivity index is 1.66. The van der Waals surface area contributed by atoms with Gasteiger partial charge in [-0.15, -0.1) is 11.3 Å². The van der Waals surface area contributed by atoms with Crippen molar-refractivity contribution in [2.75, 3.05) is 31.1 Å². The minimum absolute atomic E-state index is 0.250. The number of hydrogen-bond donors (Lipinski definition) is 0. The number of amides is 1. The highest BCUT2D eigenvalue weighted by Crippen LogP contribution is 2.21. The van der Waals surface area contributed by atoms with Crippen LogP contribution in [-0.2, 0) is 9.84 Å². The van der Waals surface area contributed by atoms with E-state index in [0.717, 1.165) is 17.3 Å². The number of halogens is 2. The molecule has 3 rings (SSSR count). The van der Waals surface area contributed by atoms with Crippen LogP contribution in [0.2, 0.25) is 0 Å². The van der Waals surface area contributed by atoms with Crippen molar-refractivity contribution >= 4 is 32.2 Å². The second-order valence-corrected chi connectivity index (χ2v) is 8.21. The van der Waals surface area contributed by atoms with E-state index < -0.39 is 20.5 Å². The van der Waals surface area contributed by atoms with Crippen molar-refractivity contribution in [3.63, 3.8) is 0 Å². The summed E-state index contributed by atoms with van der Waals surface area (Å²) >= 11 is 1.53. The van der Waals surface area contributed by atoms with Crippen LogP contribution in [0.3, 0.4) is 0 Å². The van der Waals surface area contributed by atoms with Gasteiger partial charge in [-0.3, -0.25) is 4.79 Å². The zero-order valence-corrected chi connectivity index (χ0v) is 14.6. The third-order valence-electron chi connectivity index (χ3n) is 3.92. The summed E-state index contributed by atoms with van der Waals surface area (Å²) in [4.78, 5) is 20.0. The highest BCUT2D eigenvalue weighted by Gasteiger charge is 2.27. The van der Waals surface area contributed by atoms with E-state index in [-0.39, 0.29) is 11.5 Å². The number of alkyl halides is 2. The molecule has 1 aliphatic rings. The molecule has 0 atom stereocenters. The SMILES string of the molecule is O=C(c1ccc(S(=O)(=O)C(F)F)cc1)N1CCN(c2nccs2)CC1. The molecule has 2 aromatic rings. The number of rotatable bonds is 4. The molecule has 0 aliphatic carbocycles. The highest BCUT2D eigenvalue weighted by atomic mass is 32.2. The summed E-state index contributed by atoms with van der Waals surface area (Å²) in [6, 6.07) is 4.62. The molecule has 0 spiro atoms. The van der Waals surface area contributed by atoms with E-state index >= 15 is 0 Å². The van der Waals surface area contributed by atoms with Crippen LogP contribution in [0.25, 0.3) is 0 Å². The van der Waals surface area contributed by atoms with Crippen molar-refractivity contribution in [3.8, 4) is 0 Å². The fraction of sp³-hybridized carbons (Fsp3) is 0.333. The average molecular weight is 387 g/mol. The van der Waals surface area contributed by atoms with E-state index in [4.69, 9.17) is 0 Å². The molecule has 0 saturated carbocycles. The number of anilines is 1. The molecular formula is C15H15F2N3O3S2. The van der Waals surface area contributed by atoms with Crippen LogP contribution in [0.5, 0.6) is 0 Å². The summed E-state index contributed by atoms with van der Waals surface area (Å²) in [6.07, 6.45) is 1.73. The summed E-state index contributed by atoms with van der Waals surface area (Å²) in [5.74, 6) is -3.73. The Bertz CT molecular complexity index is 831. The van der Waals surface area contributed by atoms with Gasteiger partial charge >= 0.3 is 5.76 Å². The number of benzene rings is 1. The number of carbonyl (C=O) groups excluding carboxylic acids is 1. The van der Waals surface area contributed by atoms with Crippen LogP contribution in [0, 0.1) is 0 Å². The Morgan fingerprint density at radius 3 is 2.28 bits per heavy atom. The maximum absolute atomic E-state index is 12.5. The van der Waals surface area contributed by atoms with Gasteiger partial charge in [-0.2, -0.15) is 8.78 Å². The Morgan fingerprint density at radius 2 is 1.76 bits per heavy atom. The van der Waals surface area contributed by atoms with Crippen LogP contribution in [-0.4, -0.2) is 56.1 Å². The van der Waals surface area contributed by atoms with Crippen molar-refractivity contribution in [1.29, 1.82) is 0 Å². The standard InChI is InChI=1S/C15H15F2N3O3S2/c16-14(17)25(22,23)12-3-1-11(2-4-12)13(21)19-6-8-20(9-7-19)15-18-5-10-24-15/h1-5,10,14H,6-9H2. The summed E-state index contributed by atoms with van der Waals surface area (Å²) < 4.78 is 47.9. The van der Waals surface area contributed by atoms with Gasteiger partial charge in [0.2, 0.25) is 9.84 Å². The van der Waals surface area contributed by atoms with Crippen LogP contribution in [0.4, 0.5) is 13.9 Å². The molecule has 0 bridgehead atoms. The molecule has 25 heavy (non-hydrogen) atoms. The summed E-state index contributed by atoms with van der Waals surface area (Å²) in [7, 11) is -4.65. The predicted molar refractivity (Wildman–Crippen MR) is 89.9 cm³/mol. The number of carbonyl (C=O) groups is 1. The normalized spacial score (nSPS) is 15.6. The van der Waals surface area contributed by atoms with Crippen molar-refractivity contribution in [2.24, 2.45) is 0 Å². The van der Waals surface area contributed by atoms with Crippen molar-refractivity contribution < 1.29 is 22.0 Å². The monoisotopic (exact) mass is 387 g/mol. The molecular weight excluding hydrogens is 372 g/mol. The van der Waals surface area contributed by atoms with E-state index in [1.807, 2.05) is 5.38 Å². The Morgan fingerprint density at radius 1 is 1.12 bits per heavy atom. The number of hydrogen-bond acceptors (Lipinski definition) is 6. The summed E-state index contributed by atoms with van der Waals surface area (Å²) in [5.41, 5.74) is 0.274. The fourth-order valence-electron chi connectivity index (χ4n) is 2.55. The maximum atomic E-state index is 12.5. The molecule has 1 saturated heterocycles. The fourth-order valence-corrected chi connectivity index (χ4v) is 3.96. The first-order chi connectivity index (χ1) is 11.9. The van der Waals surface area contributed by atoms with Gasteiger partial charge in [-0.25, -0.2) is 13.4 Å². The average Bonchev–Trinajstić information content (AvgIpc) is 3.16. The quantitative estimate of drug-likeness (QED) is 0.804. The van der Waals surface area contributed by atoms with Crippen LogP contribution < -0.4 is 4.90 Å². The molecule has 6 nitrogen and oxygen atoms in total. The Kier molecular flexibility index (Phi) is 5.00. The number of thiazole rings is 1. The molecule has 10 heteroatoms. The molecule has 1 aromatic carbocycles. The Labute approximate surface area is 147 Å². The second kappa shape index (κ2) is 7.04. The van der Waals surface area contributed by atoms with Gasteiger partial charge in [-0.05, 0) is 24.3 Å². The zero-order valence-electron chi connectivity index (χ0n) is 13.0. The van der Waals surface area contributed by atoms with Crippen molar-refractivity contribution in [3.05, 3.63) is 41.4 Å².